The summed E-state index contributed by atoms with van der Waals surface area (Å²) in [4.78, 5) is 24.2. The number of carbonyl (C=O) groups excluding carboxylic acids is 1. The average Bonchev–Trinajstić information content (AvgIpc) is 2.79. The van der Waals surface area contributed by atoms with Gasteiger partial charge in [0.15, 0.2) is 0 Å². The summed E-state index contributed by atoms with van der Waals surface area (Å²) in [6.07, 6.45) is 1.75. The second kappa shape index (κ2) is 5.04. The second-order valence-corrected chi connectivity index (χ2v) is 5.02. The number of carboxylic acid groups (broad SMARTS) is 1. The van der Waals surface area contributed by atoms with Crippen molar-refractivity contribution in [1.29, 1.82) is 0 Å². The number of anilines is 1. The third kappa shape index (κ3) is 1.95. The van der Waals surface area contributed by atoms with E-state index in [0.29, 0.717) is 16.9 Å². The fourth-order valence-corrected chi connectivity index (χ4v) is 2.63. The maximum absolute atomic E-state index is 12.9. The number of fused-ring (bicyclic) bond motifs is 1. The highest BCUT2D eigenvalue weighted by atomic mass is 16.4. The van der Waals surface area contributed by atoms with Crippen LogP contribution in [0.25, 0.3) is 5.52 Å². The summed E-state index contributed by atoms with van der Waals surface area (Å²) in [7, 11) is 0. The lowest BCUT2D eigenvalue weighted by molar-refractivity contribution is 0.0692. The molecule has 0 saturated heterocycles. The Hall–Kier alpha value is -3.08. The van der Waals surface area contributed by atoms with E-state index in [1.54, 1.807) is 35.7 Å². The van der Waals surface area contributed by atoms with Gasteiger partial charge in [0.2, 0.25) is 5.78 Å². The molecular formula is C17H14N2O3. The van der Waals surface area contributed by atoms with Crippen molar-refractivity contribution in [2.75, 3.05) is 5.73 Å². The van der Waals surface area contributed by atoms with Crippen molar-refractivity contribution in [3.63, 3.8) is 0 Å². The molecule has 5 nitrogen and oxygen atoms in total. The first-order valence-electron chi connectivity index (χ1n) is 6.74. The van der Waals surface area contributed by atoms with Crippen LogP contribution in [0.5, 0.6) is 0 Å². The Morgan fingerprint density at radius 2 is 1.68 bits per heavy atom. The number of pyridine rings is 1. The van der Waals surface area contributed by atoms with Crippen molar-refractivity contribution < 1.29 is 14.7 Å². The van der Waals surface area contributed by atoms with Crippen molar-refractivity contribution in [3.8, 4) is 0 Å². The molecule has 0 saturated carbocycles. The third-order valence-corrected chi connectivity index (χ3v) is 3.75. The number of ketones is 1. The van der Waals surface area contributed by atoms with Crippen LogP contribution in [0.4, 0.5) is 5.69 Å². The van der Waals surface area contributed by atoms with E-state index in [1.807, 2.05) is 12.1 Å². The average molecular weight is 294 g/mol. The molecule has 0 bridgehead atoms. The number of hydrogen-bond acceptors (Lipinski definition) is 3. The molecule has 0 fully saturated rings. The fraction of sp³-hybridized carbons (Fsp3) is 0.0588. The Labute approximate surface area is 126 Å². The molecule has 0 unspecified atom stereocenters. The zero-order valence-corrected chi connectivity index (χ0v) is 11.9. The van der Waals surface area contributed by atoms with Gasteiger partial charge in [-0.2, -0.15) is 0 Å². The van der Waals surface area contributed by atoms with Gasteiger partial charge in [-0.25, -0.2) is 4.79 Å². The number of hydrogen-bond donors (Lipinski definition) is 2. The van der Waals surface area contributed by atoms with E-state index < -0.39 is 5.97 Å². The lowest BCUT2D eigenvalue weighted by Gasteiger charge is -2.06. The van der Waals surface area contributed by atoms with Crippen LogP contribution >= 0.6 is 0 Å². The second-order valence-electron chi connectivity index (χ2n) is 5.02. The van der Waals surface area contributed by atoms with Crippen molar-refractivity contribution in [2.45, 2.75) is 6.92 Å². The zero-order chi connectivity index (χ0) is 15.9. The van der Waals surface area contributed by atoms with Gasteiger partial charge in [-0.3, -0.25) is 4.79 Å². The Bertz CT molecular complexity index is 909. The summed E-state index contributed by atoms with van der Waals surface area (Å²) in [6, 6.07) is 11.6. The van der Waals surface area contributed by atoms with E-state index in [9.17, 15) is 14.7 Å². The maximum Gasteiger partial charge on any atom is 0.336 e. The number of benzene rings is 1. The van der Waals surface area contributed by atoms with Crippen LogP contribution in [0.2, 0.25) is 0 Å². The van der Waals surface area contributed by atoms with Gasteiger partial charge in [0, 0.05) is 17.3 Å². The van der Waals surface area contributed by atoms with Crippen LogP contribution in [0.3, 0.4) is 0 Å². The third-order valence-electron chi connectivity index (χ3n) is 3.75. The standard InChI is InChI=1S/C17H14N2O3/c1-10-14(18)13-8-4-5-9-19(13)15(10)16(20)11-6-2-3-7-12(11)17(21)22/h2-9H,18H2,1H3,(H,21,22). The first kappa shape index (κ1) is 13.9. The van der Waals surface area contributed by atoms with Gasteiger partial charge in [-0.1, -0.05) is 24.3 Å². The minimum Gasteiger partial charge on any atom is -0.478 e. The summed E-state index contributed by atoms with van der Waals surface area (Å²) in [6.45, 7) is 1.76. The maximum atomic E-state index is 12.9. The summed E-state index contributed by atoms with van der Waals surface area (Å²) >= 11 is 0. The number of nitrogen functional groups attached to an aromatic ring is 1. The predicted molar refractivity (Wildman–Crippen MR) is 83.4 cm³/mol. The molecule has 3 rings (SSSR count). The number of rotatable bonds is 3. The molecule has 0 amide bonds. The Balaban J connectivity index is 2.27. The van der Waals surface area contributed by atoms with Crippen LogP contribution < -0.4 is 5.73 Å². The minimum atomic E-state index is -1.13. The molecule has 2 aromatic heterocycles. The summed E-state index contributed by atoms with van der Waals surface area (Å²) in [5, 5.41) is 9.27. The normalized spacial score (nSPS) is 10.8. The van der Waals surface area contributed by atoms with Crippen molar-refractivity contribution in [1.82, 2.24) is 4.40 Å². The number of nitrogens with zero attached hydrogens (tertiary/aromatic N) is 1. The highest BCUT2D eigenvalue weighted by Gasteiger charge is 2.23. The smallest absolute Gasteiger partial charge is 0.336 e. The largest absolute Gasteiger partial charge is 0.478 e. The van der Waals surface area contributed by atoms with Gasteiger partial charge in [-0.05, 0) is 25.1 Å². The fourth-order valence-electron chi connectivity index (χ4n) is 2.63. The van der Waals surface area contributed by atoms with Gasteiger partial charge >= 0.3 is 5.97 Å². The lowest BCUT2D eigenvalue weighted by atomic mass is 10.00. The number of carboxylic acids is 1. The zero-order valence-electron chi connectivity index (χ0n) is 11.9. The number of aromatic carboxylic acids is 1. The highest BCUT2D eigenvalue weighted by molar-refractivity contribution is 6.15. The summed E-state index contributed by atoms with van der Waals surface area (Å²) in [5.74, 6) is -1.48. The first-order valence-corrected chi connectivity index (χ1v) is 6.74. The van der Waals surface area contributed by atoms with Gasteiger partial charge < -0.3 is 15.2 Å². The number of carbonyl (C=O) groups is 2. The van der Waals surface area contributed by atoms with E-state index in [-0.39, 0.29) is 16.9 Å². The monoisotopic (exact) mass is 294 g/mol. The van der Waals surface area contributed by atoms with Crippen LogP contribution in [-0.4, -0.2) is 21.3 Å². The van der Waals surface area contributed by atoms with E-state index in [4.69, 9.17) is 5.73 Å². The lowest BCUT2D eigenvalue weighted by Crippen LogP contribution is -2.12. The SMILES string of the molecule is Cc1c(N)c2ccccn2c1C(=O)c1ccccc1C(=O)O. The van der Waals surface area contributed by atoms with E-state index >= 15 is 0 Å². The molecule has 3 aromatic rings. The van der Waals surface area contributed by atoms with Gasteiger partial charge in [-0.15, -0.1) is 0 Å². The number of aromatic nitrogens is 1. The van der Waals surface area contributed by atoms with Crippen LogP contribution in [-0.2, 0) is 0 Å². The van der Waals surface area contributed by atoms with Crippen LogP contribution in [0.15, 0.2) is 48.7 Å². The molecular weight excluding hydrogens is 280 g/mol. The number of nitrogens with two attached hydrogens (primary N) is 1. The molecule has 0 aliphatic rings. The Morgan fingerprint density at radius 1 is 1.05 bits per heavy atom. The van der Waals surface area contributed by atoms with Crippen LogP contribution in [0.1, 0.15) is 32.0 Å². The molecule has 0 radical (unpaired) electrons. The van der Waals surface area contributed by atoms with Gasteiger partial charge in [0.25, 0.3) is 0 Å². The Kier molecular flexibility index (Phi) is 3.18. The molecule has 3 N–H and O–H groups in total. The molecule has 0 atom stereocenters. The minimum absolute atomic E-state index is 0.0173. The molecule has 0 aliphatic carbocycles. The molecule has 22 heavy (non-hydrogen) atoms. The highest BCUT2D eigenvalue weighted by Crippen LogP contribution is 2.27. The van der Waals surface area contributed by atoms with Crippen molar-refractivity contribution >= 4 is 23.0 Å². The van der Waals surface area contributed by atoms with E-state index in [2.05, 4.69) is 0 Å². The summed E-state index contributed by atoms with van der Waals surface area (Å²) in [5.41, 5.74) is 8.50. The van der Waals surface area contributed by atoms with Crippen molar-refractivity contribution in [2.24, 2.45) is 0 Å². The topological polar surface area (TPSA) is 84.8 Å². The summed E-state index contributed by atoms with van der Waals surface area (Å²) < 4.78 is 1.70. The molecule has 5 heteroatoms. The molecule has 1 aromatic carbocycles. The van der Waals surface area contributed by atoms with E-state index in [1.165, 1.54) is 12.1 Å². The molecule has 0 spiro atoms. The molecule has 2 heterocycles. The molecule has 110 valence electrons. The van der Waals surface area contributed by atoms with Gasteiger partial charge in [0.1, 0.15) is 0 Å². The van der Waals surface area contributed by atoms with Crippen LogP contribution in [0, 0.1) is 6.92 Å². The Morgan fingerprint density at radius 3 is 2.36 bits per heavy atom. The van der Waals surface area contributed by atoms with Gasteiger partial charge in [0.05, 0.1) is 22.5 Å². The van der Waals surface area contributed by atoms with Crippen molar-refractivity contribution in [3.05, 3.63) is 71.0 Å². The first-order chi connectivity index (χ1) is 10.5. The predicted octanol–water partition coefficient (Wildman–Crippen LogP) is 2.76. The quantitative estimate of drug-likeness (QED) is 0.727. The van der Waals surface area contributed by atoms with E-state index in [0.717, 1.165) is 5.52 Å². The molecule has 0 aliphatic heterocycles.